The molecule has 0 aliphatic carbocycles. The summed E-state index contributed by atoms with van der Waals surface area (Å²) in [5.41, 5.74) is 1.95. The first kappa shape index (κ1) is 26.5. The van der Waals surface area contributed by atoms with Crippen LogP contribution in [0.15, 0.2) is 54.6 Å². The van der Waals surface area contributed by atoms with Gasteiger partial charge < -0.3 is 19.3 Å². The zero-order valence-electron chi connectivity index (χ0n) is 20.0. The number of aliphatic hydroxyl groups excluding tert-OH is 1. The average Bonchev–Trinajstić information content (AvgIpc) is 2.83. The summed E-state index contributed by atoms with van der Waals surface area (Å²) in [5, 5.41) is 10.1. The molecule has 0 spiro atoms. The zero-order chi connectivity index (χ0) is 23.7. The number of carbonyl (C=O) groups is 1. The molecule has 180 valence electrons. The smallest absolute Gasteiger partial charge is 0.330 e. The molecule has 0 fully saturated rings. The van der Waals surface area contributed by atoms with Gasteiger partial charge in [-0.05, 0) is 55.5 Å². The molecule has 5 nitrogen and oxygen atoms in total. The molecule has 2 aromatic rings. The number of benzene rings is 2. The molecule has 0 radical (unpaired) electrons. The molecule has 0 aliphatic heterocycles. The van der Waals surface area contributed by atoms with Crippen molar-refractivity contribution in [2.45, 2.75) is 71.5 Å². The van der Waals surface area contributed by atoms with Crippen molar-refractivity contribution in [3.8, 4) is 11.5 Å². The van der Waals surface area contributed by atoms with Crippen molar-refractivity contribution >= 4 is 12.0 Å². The van der Waals surface area contributed by atoms with Crippen LogP contribution in [0.4, 0.5) is 0 Å². The van der Waals surface area contributed by atoms with Crippen LogP contribution in [0.25, 0.3) is 6.08 Å². The molecule has 1 atom stereocenters. The SMILES string of the molecule is CCCCCCC(O)CCCOc1cccc(OCc2ccc(/C=C/C(=O)OCC)cc2)c1. The summed E-state index contributed by atoms with van der Waals surface area (Å²) in [5.74, 6) is 1.17. The molecule has 0 aliphatic rings. The van der Waals surface area contributed by atoms with Gasteiger partial charge in [0.2, 0.25) is 0 Å². The Morgan fingerprint density at radius 2 is 1.67 bits per heavy atom. The van der Waals surface area contributed by atoms with E-state index in [2.05, 4.69) is 6.92 Å². The van der Waals surface area contributed by atoms with Gasteiger partial charge in [0.1, 0.15) is 18.1 Å². The van der Waals surface area contributed by atoms with Crippen LogP contribution >= 0.6 is 0 Å². The molecular weight excluding hydrogens is 416 g/mol. The summed E-state index contributed by atoms with van der Waals surface area (Å²) >= 11 is 0. The van der Waals surface area contributed by atoms with Gasteiger partial charge in [0.05, 0.1) is 19.3 Å². The first-order chi connectivity index (χ1) is 16.1. The predicted molar refractivity (Wildman–Crippen MR) is 132 cm³/mol. The lowest BCUT2D eigenvalue weighted by Gasteiger charge is -2.12. The highest BCUT2D eigenvalue weighted by Gasteiger charge is 2.05. The van der Waals surface area contributed by atoms with E-state index in [-0.39, 0.29) is 12.1 Å². The average molecular weight is 455 g/mol. The summed E-state index contributed by atoms with van der Waals surface area (Å²) in [6.07, 6.45) is 10.2. The van der Waals surface area contributed by atoms with E-state index in [4.69, 9.17) is 14.2 Å². The van der Waals surface area contributed by atoms with E-state index < -0.39 is 0 Å². The Hall–Kier alpha value is -2.79. The van der Waals surface area contributed by atoms with E-state index in [0.29, 0.717) is 19.8 Å². The normalized spacial score (nSPS) is 12.0. The second kappa shape index (κ2) is 15.9. The molecule has 0 bridgehead atoms. The summed E-state index contributed by atoms with van der Waals surface area (Å²) in [6.45, 7) is 5.37. The Balaban J connectivity index is 1.70. The molecule has 0 heterocycles. The third-order valence-corrected chi connectivity index (χ3v) is 5.23. The van der Waals surface area contributed by atoms with Gasteiger partial charge in [0.25, 0.3) is 0 Å². The van der Waals surface area contributed by atoms with Gasteiger partial charge in [0.15, 0.2) is 0 Å². The minimum Gasteiger partial charge on any atom is -0.493 e. The summed E-state index contributed by atoms with van der Waals surface area (Å²) in [4.78, 5) is 11.4. The number of ether oxygens (including phenoxy) is 3. The summed E-state index contributed by atoms with van der Waals surface area (Å²) in [7, 11) is 0. The maximum atomic E-state index is 11.4. The lowest BCUT2D eigenvalue weighted by molar-refractivity contribution is -0.137. The van der Waals surface area contributed by atoms with Gasteiger partial charge in [0, 0.05) is 12.1 Å². The number of carbonyl (C=O) groups excluding carboxylic acids is 1. The molecule has 33 heavy (non-hydrogen) atoms. The van der Waals surface area contributed by atoms with Gasteiger partial charge in [-0.15, -0.1) is 0 Å². The van der Waals surface area contributed by atoms with Crippen LogP contribution < -0.4 is 9.47 Å². The predicted octanol–water partition coefficient (Wildman–Crippen LogP) is 6.33. The standard InChI is InChI=1S/C28H38O5/c1-3-5-6-7-10-25(29)11-9-20-32-26-12-8-13-27(21-26)33-22-24-16-14-23(15-17-24)18-19-28(30)31-4-2/h8,12-19,21,25,29H,3-7,9-11,20,22H2,1-2H3/b19-18+. The molecule has 2 rings (SSSR count). The van der Waals surface area contributed by atoms with Gasteiger partial charge in [-0.2, -0.15) is 0 Å². The van der Waals surface area contributed by atoms with Gasteiger partial charge in [-0.3, -0.25) is 0 Å². The van der Waals surface area contributed by atoms with Crippen molar-refractivity contribution < 1.29 is 24.1 Å². The van der Waals surface area contributed by atoms with E-state index in [0.717, 1.165) is 48.3 Å². The zero-order valence-corrected chi connectivity index (χ0v) is 20.0. The lowest BCUT2D eigenvalue weighted by Crippen LogP contribution is -2.09. The van der Waals surface area contributed by atoms with Gasteiger partial charge in [-0.25, -0.2) is 4.79 Å². The van der Waals surface area contributed by atoms with E-state index in [1.165, 1.54) is 25.3 Å². The lowest BCUT2D eigenvalue weighted by atomic mass is 10.1. The Bertz CT molecular complexity index is 828. The molecular formula is C28H38O5. The molecule has 5 heteroatoms. The number of aliphatic hydroxyl groups is 1. The molecule has 0 aromatic heterocycles. The van der Waals surface area contributed by atoms with Crippen molar-refractivity contribution in [2.75, 3.05) is 13.2 Å². The monoisotopic (exact) mass is 454 g/mol. The van der Waals surface area contributed by atoms with Crippen molar-refractivity contribution in [1.29, 1.82) is 0 Å². The fourth-order valence-electron chi connectivity index (χ4n) is 3.36. The van der Waals surface area contributed by atoms with Crippen LogP contribution in [0.5, 0.6) is 11.5 Å². The first-order valence-corrected chi connectivity index (χ1v) is 12.1. The van der Waals surface area contributed by atoms with Gasteiger partial charge >= 0.3 is 5.97 Å². The third-order valence-electron chi connectivity index (χ3n) is 5.23. The van der Waals surface area contributed by atoms with Gasteiger partial charge in [-0.1, -0.05) is 62.9 Å². The van der Waals surface area contributed by atoms with Crippen LogP contribution in [-0.2, 0) is 16.1 Å². The largest absolute Gasteiger partial charge is 0.493 e. The Morgan fingerprint density at radius 1 is 0.939 bits per heavy atom. The van der Waals surface area contributed by atoms with Crippen molar-refractivity contribution in [2.24, 2.45) is 0 Å². The number of rotatable bonds is 16. The van der Waals surface area contributed by atoms with Crippen LogP contribution in [0.3, 0.4) is 0 Å². The fraction of sp³-hybridized carbons (Fsp3) is 0.464. The quantitative estimate of drug-likeness (QED) is 0.182. The molecule has 1 unspecified atom stereocenters. The Kier molecular flexibility index (Phi) is 12.8. The summed E-state index contributed by atoms with van der Waals surface area (Å²) < 4.78 is 16.6. The third kappa shape index (κ3) is 11.6. The van der Waals surface area contributed by atoms with Crippen molar-refractivity contribution in [3.63, 3.8) is 0 Å². The topological polar surface area (TPSA) is 65.0 Å². The van der Waals surface area contributed by atoms with Crippen LogP contribution in [0.1, 0.15) is 69.9 Å². The highest BCUT2D eigenvalue weighted by atomic mass is 16.5. The Labute approximate surface area is 198 Å². The molecule has 1 N–H and O–H groups in total. The number of esters is 1. The number of unbranched alkanes of at least 4 members (excludes halogenated alkanes) is 3. The highest BCUT2D eigenvalue weighted by molar-refractivity contribution is 5.87. The number of hydrogen-bond acceptors (Lipinski definition) is 5. The second-order valence-corrected chi connectivity index (χ2v) is 8.08. The summed E-state index contributed by atoms with van der Waals surface area (Å²) in [6, 6.07) is 15.4. The van der Waals surface area contributed by atoms with E-state index in [1.54, 1.807) is 13.0 Å². The Morgan fingerprint density at radius 3 is 2.39 bits per heavy atom. The van der Waals surface area contributed by atoms with Crippen molar-refractivity contribution in [3.05, 3.63) is 65.7 Å². The van der Waals surface area contributed by atoms with E-state index >= 15 is 0 Å². The highest BCUT2D eigenvalue weighted by Crippen LogP contribution is 2.21. The maximum Gasteiger partial charge on any atom is 0.330 e. The van der Waals surface area contributed by atoms with Crippen LogP contribution in [0.2, 0.25) is 0 Å². The fourth-order valence-corrected chi connectivity index (χ4v) is 3.36. The van der Waals surface area contributed by atoms with E-state index in [1.807, 2.05) is 48.5 Å². The minimum atomic E-state index is -0.342. The van der Waals surface area contributed by atoms with E-state index in [9.17, 15) is 9.90 Å². The number of hydrogen-bond donors (Lipinski definition) is 1. The van der Waals surface area contributed by atoms with Crippen molar-refractivity contribution in [1.82, 2.24) is 0 Å². The second-order valence-electron chi connectivity index (χ2n) is 8.08. The minimum absolute atomic E-state index is 0.229. The first-order valence-electron chi connectivity index (χ1n) is 12.1. The van der Waals surface area contributed by atoms with Crippen LogP contribution in [0, 0.1) is 0 Å². The molecule has 0 saturated carbocycles. The van der Waals surface area contributed by atoms with Crippen LogP contribution in [-0.4, -0.2) is 30.4 Å². The molecule has 0 amide bonds. The molecule has 2 aromatic carbocycles. The molecule has 0 saturated heterocycles. The maximum absolute atomic E-state index is 11.4.